The fraction of sp³-hybridized carbons (Fsp3) is 0.333. The zero-order valence-corrected chi connectivity index (χ0v) is 11.7. The summed E-state index contributed by atoms with van der Waals surface area (Å²) < 4.78 is 5.90. The lowest BCUT2D eigenvalue weighted by molar-refractivity contribution is 0.445. The van der Waals surface area contributed by atoms with Crippen LogP contribution in [0.25, 0.3) is 11.3 Å². The Bertz CT molecular complexity index is 533. The molecule has 0 aliphatic carbocycles. The Kier molecular flexibility index (Phi) is 4.10. The monoisotopic (exact) mass is 263 g/mol. The zero-order valence-electron chi connectivity index (χ0n) is 11.0. The molecule has 2 aromatic rings. The molecule has 1 aromatic carbocycles. The fourth-order valence-electron chi connectivity index (χ4n) is 2.00. The normalized spacial score (nSPS) is 12.7. The van der Waals surface area contributed by atoms with Gasteiger partial charge in [0.15, 0.2) is 0 Å². The van der Waals surface area contributed by atoms with Crippen LogP contribution in [0.4, 0.5) is 0 Å². The Morgan fingerprint density at radius 2 is 2.06 bits per heavy atom. The molecule has 0 radical (unpaired) electrons. The first kappa shape index (κ1) is 13.2. The summed E-state index contributed by atoms with van der Waals surface area (Å²) in [5.74, 6) is 1.82. The Morgan fingerprint density at radius 1 is 1.28 bits per heavy atom. The van der Waals surface area contributed by atoms with Gasteiger partial charge in [-0.1, -0.05) is 24.6 Å². The van der Waals surface area contributed by atoms with Gasteiger partial charge in [0.25, 0.3) is 0 Å². The molecule has 2 rings (SSSR count). The molecule has 1 atom stereocenters. The quantitative estimate of drug-likeness (QED) is 0.874. The first-order valence-electron chi connectivity index (χ1n) is 6.21. The number of halogens is 1. The van der Waals surface area contributed by atoms with Crippen LogP contribution in [-0.2, 0) is 0 Å². The van der Waals surface area contributed by atoms with Crippen LogP contribution in [0.3, 0.4) is 0 Å². The highest BCUT2D eigenvalue weighted by atomic mass is 35.5. The van der Waals surface area contributed by atoms with Gasteiger partial charge < -0.3 is 9.73 Å². The first-order valence-corrected chi connectivity index (χ1v) is 6.59. The molecule has 3 heteroatoms. The van der Waals surface area contributed by atoms with Crippen LogP contribution in [0.1, 0.15) is 31.2 Å². The number of furan rings is 1. The number of aryl methyl sites for hydroxylation is 1. The second kappa shape index (κ2) is 5.59. The van der Waals surface area contributed by atoms with E-state index in [0.717, 1.165) is 34.2 Å². The minimum Gasteiger partial charge on any atom is -0.459 e. The topological polar surface area (TPSA) is 25.2 Å². The molecule has 0 aliphatic heterocycles. The van der Waals surface area contributed by atoms with Crippen molar-refractivity contribution in [3.63, 3.8) is 0 Å². The molecule has 0 saturated carbocycles. The molecular weight excluding hydrogens is 246 g/mol. The molecule has 0 aliphatic rings. The lowest BCUT2D eigenvalue weighted by atomic mass is 10.1. The van der Waals surface area contributed by atoms with E-state index in [1.165, 1.54) is 0 Å². The van der Waals surface area contributed by atoms with E-state index in [0.29, 0.717) is 0 Å². The first-order chi connectivity index (χ1) is 8.61. The predicted octanol–water partition coefficient (Wildman–Crippen LogP) is 4.58. The van der Waals surface area contributed by atoms with Crippen molar-refractivity contribution in [3.8, 4) is 11.3 Å². The average Bonchev–Trinajstić information content (AvgIpc) is 2.82. The highest BCUT2D eigenvalue weighted by Gasteiger charge is 2.12. The molecule has 0 amide bonds. The maximum absolute atomic E-state index is 6.03. The maximum atomic E-state index is 6.03. The summed E-state index contributed by atoms with van der Waals surface area (Å²) in [6, 6.07) is 10.1. The number of rotatable bonds is 4. The highest BCUT2D eigenvalue weighted by molar-refractivity contribution is 6.30. The summed E-state index contributed by atoms with van der Waals surface area (Å²) in [5, 5.41) is 4.06. The molecule has 2 nitrogen and oxygen atoms in total. The molecule has 96 valence electrons. The van der Waals surface area contributed by atoms with Gasteiger partial charge in [-0.3, -0.25) is 0 Å². The molecule has 0 bridgehead atoms. The van der Waals surface area contributed by atoms with Gasteiger partial charge in [-0.2, -0.15) is 0 Å². The molecule has 0 spiro atoms. The summed E-state index contributed by atoms with van der Waals surface area (Å²) in [6.07, 6.45) is 0. The second-order valence-corrected chi connectivity index (χ2v) is 4.88. The van der Waals surface area contributed by atoms with Gasteiger partial charge in [0.1, 0.15) is 11.5 Å². The van der Waals surface area contributed by atoms with Crippen molar-refractivity contribution in [3.05, 3.63) is 46.7 Å². The Morgan fingerprint density at radius 3 is 2.78 bits per heavy atom. The van der Waals surface area contributed by atoms with Gasteiger partial charge in [-0.05, 0) is 50.2 Å². The minimum absolute atomic E-state index is 0.225. The summed E-state index contributed by atoms with van der Waals surface area (Å²) in [4.78, 5) is 0. The SMILES string of the molecule is CCNC(C)c1ccc(-c2cc(Cl)ccc2C)o1. The number of benzene rings is 1. The van der Waals surface area contributed by atoms with Crippen LogP contribution in [0.2, 0.25) is 5.02 Å². The summed E-state index contributed by atoms with van der Waals surface area (Å²) in [6.45, 7) is 7.16. The Labute approximate surface area is 113 Å². The minimum atomic E-state index is 0.225. The third kappa shape index (κ3) is 2.77. The fourth-order valence-corrected chi connectivity index (χ4v) is 2.17. The van der Waals surface area contributed by atoms with Crippen LogP contribution in [-0.4, -0.2) is 6.54 Å². The van der Waals surface area contributed by atoms with E-state index >= 15 is 0 Å². The van der Waals surface area contributed by atoms with E-state index in [4.69, 9.17) is 16.0 Å². The lowest BCUT2D eigenvalue weighted by Crippen LogP contribution is -2.16. The van der Waals surface area contributed by atoms with Crippen LogP contribution >= 0.6 is 11.6 Å². The Balaban J connectivity index is 2.32. The van der Waals surface area contributed by atoms with Crippen molar-refractivity contribution in [2.75, 3.05) is 6.54 Å². The number of hydrogen-bond donors (Lipinski definition) is 1. The Hall–Kier alpha value is -1.25. The molecule has 1 aromatic heterocycles. The van der Waals surface area contributed by atoms with Gasteiger partial charge >= 0.3 is 0 Å². The van der Waals surface area contributed by atoms with Crippen LogP contribution in [0.5, 0.6) is 0 Å². The molecule has 1 unspecified atom stereocenters. The van der Waals surface area contributed by atoms with Crippen molar-refractivity contribution in [1.29, 1.82) is 0 Å². The van der Waals surface area contributed by atoms with E-state index in [9.17, 15) is 0 Å². The van der Waals surface area contributed by atoms with Crippen molar-refractivity contribution in [2.24, 2.45) is 0 Å². The van der Waals surface area contributed by atoms with Crippen molar-refractivity contribution in [2.45, 2.75) is 26.8 Å². The summed E-state index contributed by atoms with van der Waals surface area (Å²) in [7, 11) is 0. The zero-order chi connectivity index (χ0) is 13.1. The van der Waals surface area contributed by atoms with E-state index < -0.39 is 0 Å². The summed E-state index contributed by atoms with van der Waals surface area (Å²) >= 11 is 6.03. The van der Waals surface area contributed by atoms with Gasteiger partial charge in [-0.25, -0.2) is 0 Å². The lowest BCUT2D eigenvalue weighted by Gasteiger charge is -2.09. The molecule has 0 fully saturated rings. The number of hydrogen-bond acceptors (Lipinski definition) is 2. The van der Waals surface area contributed by atoms with Crippen molar-refractivity contribution < 1.29 is 4.42 Å². The van der Waals surface area contributed by atoms with Gasteiger partial charge in [0.2, 0.25) is 0 Å². The standard InChI is InChI=1S/C15H18ClNO/c1-4-17-11(3)14-7-8-15(18-14)13-9-12(16)6-5-10(13)2/h5-9,11,17H,4H2,1-3H3. The molecule has 0 saturated heterocycles. The van der Waals surface area contributed by atoms with Gasteiger partial charge in [-0.15, -0.1) is 0 Å². The van der Waals surface area contributed by atoms with Crippen LogP contribution in [0.15, 0.2) is 34.7 Å². The predicted molar refractivity (Wildman–Crippen MR) is 76.0 cm³/mol. The third-order valence-corrected chi connectivity index (χ3v) is 3.26. The van der Waals surface area contributed by atoms with E-state index in [2.05, 4.69) is 26.1 Å². The molecular formula is C15H18ClNO. The van der Waals surface area contributed by atoms with Crippen molar-refractivity contribution >= 4 is 11.6 Å². The van der Waals surface area contributed by atoms with E-state index in [1.807, 2.05) is 30.3 Å². The maximum Gasteiger partial charge on any atom is 0.134 e. The molecule has 18 heavy (non-hydrogen) atoms. The largest absolute Gasteiger partial charge is 0.459 e. The van der Waals surface area contributed by atoms with Crippen molar-refractivity contribution in [1.82, 2.24) is 5.32 Å². The average molecular weight is 264 g/mol. The highest BCUT2D eigenvalue weighted by Crippen LogP contribution is 2.29. The number of nitrogens with one attached hydrogen (secondary N) is 1. The van der Waals surface area contributed by atoms with E-state index in [-0.39, 0.29) is 6.04 Å². The van der Waals surface area contributed by atoms with Gasteiger partial charge in [0.05, 0.1) is 6.04 Å². The van der Waals surface area contributed by atoms with E-state index in [1.54, 1.807) is 0 Å². The smallest absolute Gasteiger partial charge is 0.134 e. The third-order valence-electron chi connectivity index (χ3n) is 3.03. The molecule has 1 heterocycles. The van der Waals surface area contributed by atoms with Crippen LogP contribution in [0, 0.1) is 6.92 Å². The molecule has 1 N–H and O–H groups in total. The van der Waals surface area contributed by atoms with Crippen LogP contribution < -0.4 is 5.32 Å². The second-order valence-electron chi connectivity index (χ2n) is 4.44. The summed E-state index contributed by atoms with van der Waals surface area (Å²) in [5.41, 5.74) is 2.22. The van der Waals surface area contributed by atoms with Gasteiger partial charge in [0, 0.05) is 10.6 Å².